The van der Waals surface area contributed by atoms with Crippen LogP contribution in [0.3, 0.4) is 0 Å². The molecule has 0 aliphatic rings. The Kier molecular flexibility index (Phi) is 2.85. The van der Waals surface area contributed by atoms with Crippen molar-refractivity contribution in [2.45, 2.75) is 6.92 Å². The van der Waals surface area contributed by atoms with Crippen LogP contribution >= 0.6 is 0 Å². The molecule has 0 heterocycles. The number of hydrogen-bond donors (Lipinski definition) is 0. The van der Waals surface area contributed by atoms with Crippen molar-refractivity contribution in [2.75, 3.05) is 0 Å². The highest BCUT2D eigenvalue weighted by molar-refractivity contribution is 5.23. The van der Waals surface area contributed by atoms with Crippen molar-refractivity contribution in [3.8, 4) is 0 Å². The molecule has 0 saturated carbocycles. The van der Waals surface area contributed by atoms with Crippen LogP contribution in [-0.2, 0) is 0 Å². The third-order valence-corrected chi connectivity index (χ3v) is 0.862. The summed E-state index contributed by atoms with van der Waals surface area (Å²) in [6, 6.07) is 0. The highest BCUT2D eigenvalue weighted by Gasteiger charge is 1.87. The molecule has 0 radical (unpaired) electrons. The first kappa shape index (κ1) is 7.15. The fraction of sp³-hybridized carbons (Fsp3) is 0.143. The van der Waals surface area contributed by atoms with Gasteiger partial charge in [-0.15, -0.1) is 0 Å². The zero-order valence-corrected chi connectivity index (χ0v) is 4.95. The molecule has 0 aliphatic carbocycles. The van der Waals surface area contributed by atoms with Gasteiger partial charge >= 0.3 is 0 Å². The molecule has 0 rings (SSSR count). The van der Waals surface area contributed by atoms with Crippen molar-refractivity contribution in [1.82, 2.24) is 0 Å². The lowest BCUT2D eigenvalue weighted by Gasteiger charge is -1.87. The van der Waals surface area contributed by atoms with E-state index in [1.165, 1.54) is 6.08 Å². The molecule has 44 valence electrons. The molecule has 0 aromatic heterocycles. The molecule has 0 N–H and O–H groups in total. The Balaban J connectivity index is 4.25. The summed E-state index contributed by atoms with van der Waals surface area (Å²) < 4.78 is 12.2. The van der Waals surface area contributed by atoms with Gasteiger partial charge in [0.1, 0.15) is 5.83 Å². The van der Waals surface area contributed by atoms with Crippen LogP contribution in [0.5, 0.6) is 0 Å². The van der Waals surface area contributed by atoms with Crippen molar-refractivity contribution in [2.24, 2.45) is 0 Å². The molecule has 0 aromatic rings. The van der Waals surface area contributed by atoms with E-state index in [4.69, 9.17) is 0 Å². The van der Waals surface area contributed by atoms with Gasteiger partial charge in [-0.05, 0) is 18.6 Å². The Hall–Kier alpha value is -0.850. The van der Waals surface area contributed by atoms with Crippen LogP contribution in [0.25, 0.3) is 0 Å². The molecule has 0 spiro atoms. The van der Waals surface area contributed by atoms with E-state index in [1.807, 2.05) is 0 Å². The predicted molar refractivity (Wildman–Crippen MR) is 34.2 cm³/mol. The monoisotopic (exact) mass is 112 g/mol. The fourth-order valence-corrected chi connectivity index (χ4v) is 0.258. The molecule has 0 atom stereocenters. The minimum atomic E-state index is -0.306. The summed E-state index contributed by atoms with van der Waals surface area (Å²) in [6.45, 7) is 8.28. The average molecular weight is 112 g/mol. The molecule has 0 fully saturated rings. The van der Waals surface area contributed by atoms with E-state index in [0.717, 1.165) is 6.08 Å². The summed E-state index contributed by atoms with van der Waals surface area (Å²) >= 11 is 0. The van der Waals surface area contributed by atoms with Crippen molar-refractivity contribution >= 4 is 0 Å². The summed E-state index contributed by atoms with van der Waals surface area (Å²) in [5.74, 6) is -0.306. The van der Waals surface area contributed by atoms with E-state index in [1.54, 1.807) is 6.92 Å². The fourth-order valence-electron chi connectivity index (χ4n) is 0.258. The third kappa shape index (κ3) is 1.73. The molecule has 8 heavy (non-hydrogen) atoms. The minimum absolute atomic E-state index is 0.306. The SMILES string of the molecule is C=C/C(C)=C(\F)C=C. The van der Waals surface area contributed by atoms with Gasteiger partial charge in [0.2, 0.25) is 0 Å². The minimum Gasteiger partial charge on any atom is -0.207 e. The number of rotatable bonds is 2. The van der Waals surface area contributed by atoms with Gasteiger partial charge in [-0.2, -0.15) is 0 Å². The quantitative estimate of drug-likeness (QED) is 0.481. The molecule has 0 aromatic carbocycles. The van der Waals surface area contributed by atoms with Gasteiger partial charge in [0, 0.05) is 0 Å². The van der Waals surface area contributed by atoms with Crippen LogP contribution in [0.4, 0.5) is 4.39 Å². The first-order valence-corrected chi connectivity index (χ1v) is 2.33. The molecule has 1 heteroatoms. The topological polar surface area (TPSA) is 0 Å². The number of halogens is 1. The van der Waals surface area contributed by atoms with Crippen LogP contribution in [0, 0.1) is 0 Å². The second kappa shape index (κ2) is 3.19. The third-order valence-electron chi connectivity index (χ3n) is 0.862. The van der Waals surface area contributed by atoms with E-state index in [0.29, 0.717) is 5.57 Å². The maximum absolute atomic E-state index is 12.2. The van der Waals surface area contributed by atoms with Gasteiger partial charge in [0.25, 0.3) is 0 Å². The molecule has 0 bridgehead atoms. The summed E-state index contributed by atoms with van der Waals surface area (Å²) in [5.41, 5.74) is 0.528. The zero-order valence-electron chi connectivity index (χ0n) is 4.95. The van der Waals surface area contributed by atoms with E-state index in [9.17, 15) is 4.39 Å². The van der Waals surface area contributed by atoms with Crippen LogP contribution in [0.1, 0.15) is 6.92 Å². The van der Waals surface area contributed by atoms with Gasteiger partial charge in [-0.25, -0.2) is 4.39 Å². The maximum Gasteiger partial charge on any atom is 0.125 e. The zero-order chi connectivity index (χ0) is 6.57. The standard InChI is InChI=1S/C7H9F/c1-4-6(3)7(8)5-2/h4-5H,1-2H2,3H3/b7-6-. The van der Waals surface area contributed by atoms with E-state index in [2.05, 4.69) is 13.2 Å². The summed E-state index contributed by atoms with van der Waals surface area (Å²) in [4.78, 5) is 0. The largest absolute Gasteiger partial charge is 0.207 e. The van der Waals surface area contributed by atoms with Gasteiger partial charge in [0.15, 0.2) is 0 Å². The van der Waals surface area contributed by atoms with Crippen LogP contribution in [-0.4, -0.2) is 0 Å². The Labute approximate surface area is 49.0 Å². The Morgan fingerprint density at radius 1 is 1.38 bits per heavy atom. The first-order valence-electron chi connectivity index (χ1n) is 2.33. The second-order valence-electron chi connectivity index (χ2n) is 1.44. The Morgan fingerprint density at radius 2 is 1.88 bits per heavy atom. The Morgan fingerprint density at radius 3 is 2.00 bits per heavy atom. The molecule has 0 nitrogen and oxygen atoms in total. The van der Waals surface area contributed by atoms with Gasteiger partial charge in [0.05, 0.1) is 0 Å². The lowest BCUT2D eigenvalue weighted by molar-refractivity contribution is 0.659. The first-order chi connectivity index (χ1) is 3.72. The molecule has 0 aliphatic heterocycles. The highest BCUT2D eigenvalue weighted by atomic mass is 19.1. The molecule has 0 unspecified atom stereocenters. The highest BCUT2D eigenvalue weighted by Crippen LogP contribution is 2.05. The lowest BCUT2D eigenvalue weighted by atomic mass is 10.3. The van der Waals surface area contributed by atoms with Crippen molar-refractivity contribution in [1.29, 1.82) is 0 Å². The molecular formula is C7H9F. The summed E-state index contributed by atoms with van der Waals surface area (Å²) in [5, 5.41) is 0. The van der Waals surface area contributed by atoms with E-state index >= 15 is 0 Å². The normalized spacial score (nSPS) is 12.2. The maximum atomic E-state index is 12.2. The van der Waals surface area contributed by atoms with Gasteiger partial charge in [-0.3, -0.25) is 0 Å². The Bertz CT molecular complexity index is 115. The predicted octanol–water partition coefficient (Wildman–Crippen LogP) is 2.60. The van der Waals surface area contributed by atoms with Crippen molar-refractivity contribution in [3.05, 3.63) is 36.7 Å². The number of allylic oxidation sites excluding steroid dienone is 4. The molecule has 0 saturated heterocycles. The van der Waals surface area contributed by atoms with Crippen molar-refractivity contribution < 1.29 is 4.39 Å². The van der Waals surface area contributed by atoms with Crippen LogP contribution in [0.2, 0.25) is 0 Å². The van der Waals surface area contributed by atoms with Crippen LogP contribution < -0.4 is 0 Å². The summed E-state index contributed by atoms with van der Waals surface area (Å²) in [7, 11) is 0. The smallest absolute Gasteiger partial charge is 0.125 e. The summed E-state index contributed by atoms with van der Waals surface area (Å²) in [6.07, 6.45) is 2.62. The number of hydrogen-bond acceptors (Lipinski definition) is 0. The van der Waals surface area contributed by atoms with E-state index < -0.39 is 0 Å². The van der Waals surface area contributed by atoms with E-state index in [-0.39, 0.29) is 5.83 Å². The molecular weight excluding hydrogens is 103 g/mol. The lowest BCUT2D eigenvalue weighted by Crippen LogP contribution is -1.69. The van der Waals surface area contributed by atoms with Crippen LogP contribution in [0.15, 0.2) is 36.7 Å². The average Bonchev–Trinajstić information content (AvgIpc) is 1.84. The molecule has 0 amide bonds. The van der Waals surface area contributed by atoms with Gasteiger partial charge < -0.3 is 0 Å². The van der Waals surface area contributed by atoms with Gasteiger partial charge in [-0.1, -0.05) is 19.2 Å². The second-order valence-corrected chi connectivity index (χ2v) is 1.44. The van der Waals surface area contributed by atoms with Crippen molar-refractivity contribution in [3.63, 3.8) is 0 Å².